The molecular formula is C19H15N3O4S. The number of nitrogens with zero attached hydrogens (tertiary/aromatic N) is 3. The van der Waals surface area contributed by atoms with Gasteiger partial charge in [0.1, 0.15) is 21.9 Å². The van der Waals surface area contributed by atoms with Crippen LogP contribution in [0.1, 0.15) is 26.9 Å². The van der Waals surface area contributed by atoms with Crippen molar-refractivity contribution in [2.24, 2.45) is 0 Å². The van der Waals surface area contributed by atoms with Crippen LogP contribution >= 0.6 is 11.3 Å². The summed E-state index contributed by atoms with van der Waals surface area (Å²) in [5, 5.41) is 14.0. The quantitative estimate of drug-likeness (QED) is 0.472. The topological polar surface area (TPSA) is 91.2 Å². The summed E-state index contributed by atoms with van der Waals surface area (Å²) >= 11 is 1.34. The summed E-state index contributed by atoms with van der Waals surface area (Å²) in [5.41, 5.74) is 3.00. The van der Waals surface area contributed by atoms with Crippen molar-refractivity contribution in [3.8, 4) is 22.7 Å². The van der Waals surface area contributed by atoms with Crippen LogP contribution in [-0.4, -0.2) is 21.3 Å². The maximum Gasteiger partial charge on any atom is 0.349 e. The van der Waals surface area contributed by atoms with Crippen LogP contribution < -0.4 is 0 Å². The standard InChI is InChI=1S/C19H15N3O4S/c1-11-8-9-27-17(11)19(23)24-10-14-20-21-18(25-14)15-12(2)26-22-16(15)13-6-4-3-5-7-13/h3-9H,10H2,1-2H3. The Bertz CT molecular complexity index is 1080. The Morgan fingerprint density at radius 3 is 2.70 bits per heavy atom. The highest BCUT2D eigenvalue weighted by Gasteiger charge is 2.22. The number of ether oxygens (including phenoxy) is 1. The number of benzene rings is 1. The number of carbonyl (C=O) groups is 1. The summed E-state index contributed by atoms with van der Waals surface area (Å²) in [6.45, 7) is 3.53. The number of hydrogen-bond acceptors (Lipinski definition) is 8. The smallest absolute Gasteiger partial charge is 0.349 e. The van der Waals surface area contributed by atoms with Gasteiger partial charge in [0, 0.05) is 5.56 Å². The minimum absolute atomic E-state index is 0.103. The molecule has 0 N–H and O–H groups in total. The first-order chi connectivity index (χ1) is 13.1. The van der Waals surface area contributed by atoms with E-state index in [0.717, 1.165) is 11.1 Å². The van der Waals surface area contributed by atoms with E-state index in [0.29, 0.717) is 21.9 Å². The summed E-state index contributed by atoms with van der Waals surface area (Å²) in [5.74, 6) is 0.627. The second kappa shape index (κ2) is 7.16. The number of aromatic nitrogens is 3. The van der Waals surface area contributed by atoms with Crippen molar-refractivity contribution in [1.29, 1.82) is 0 Å². The van der Waals surface area contributed by atoms with E-state index in [-0.39, 0.29) is 18.4 Å². The van der Waals surface area contributed by atoms with E-state index in [4.69, 9.17) is 13.7 Å². The number of hydrogen-bond donors (Lipinski definition) is 0. The number of thiophene rings is 1. The van der Waals surface area contributed by atoms with Gasteiger partial charge in [-0.25, -0.2) is 4.79 Å². The SMILES string of the molecule is Cc1ccsc1C(=O)OCc1nnc(-c2c(-c3ccccc3)noc2C)o1. The maximum absolute atomic E-state index is 12.1. The highest BCUT2D eigenvalue weighted by molar-refractivity contribution is 7.12. The molecule has 4 aromatic rings. The minimum Gasteiger partial charge on any atom is -0.451 e. The fraction of sp³-hybridized carbons (Fsp3) is 0.158. The van der Waals surface area contributed by atoms with Crippen LogP contribution in [0.5, 0.6) is 0 Å². The van der Waals surface area contributed by atoms with Gasteiger partial charge in [-0.1, -0.05) is 35.5 Å². The Kier molecular flexibility index (Phi) is 4.55. The van der Waals surface area contributed by atoms with Crippen molar-refractivity contribution in [1.82, 2.24) is 15.4 Å². The van der Waals surface area contributed by atoms with Crippen molar-refractivity contribution >= 4 is 17.3 Å². The van der Waals surface area contributed by atoms with Crippen LogP contribution in [0.25, 0.3) is 22.7 Å². The molecule has 27 heavy (non-hydrogen) atoms. The third-order valence-electron chi connectivity index (χ3n) is 3.96. The van der Waals surface area contributed by atoms with Gasteiger partial charge < -0.3 is 13.7 Å². The summed E-state index contributed by atoms with van der Waals surface area (Å²) in [6.07, 6.45) is 0. The predicted octanol–water partition coefficient (Wildman–Crippen LogP) is 4.43. The fourth-order valence-corrected chi connectivity index (χ4v) is 3.42. The molecule has 0 aliphatic heterocycles. The third kappa shape index (κ3) is 3.39. The van der Waals surface area contributed by atoms with E-state index in [1.165, 1.54) is 11.3 Å². The molecule has 0 aliphatic rings. The lowest BCUT2D eigenvalue weighted by Gasteiger charge is -2.00. The van der Waals surface area contributed by atoms with Gasteiger partial charge in [0.05, 0.1) is 0 Å². The molecule has 1 aromatic carbocycles. The van der Waals surface area contributed by atoms with E-state index in [1.807, 2.05) is 48.7 Å². The Hall–Kier alpha value is -3.26. The van der Waals surface area contributed by atoms with Gasteiger partial charge in [0.2, 0.25) is 0 Å². The maximum atomic E-state index is 12.1. The van der Waals surface area contributed by atoms with E-state index in [2.05, 4.69) is 15.4 Å². The lowest BCUT2D eigenvalue weighted by atomic mass is 10.1. The lowest BCUT2D eigenvalue weighted by molar-refractivity contribution is 0.0443. The molecule has 4 rings (SSSR count). The largest absolute Gasteiger partial charge is 0.451 e. The zero-order valence-corrected chi connectivity index (χ0v) is 15.4. The number of aryl methyl sites for hydroxylation is 2. The normalized spacial score (nSPS) is 10.9. The van der Waals surface area contributed by atoms with Crippen LogP contribution in [0.4, 0.5) is 0 Å². The molecule has 0 radical (unpaired) electrons. The molecule has 7 nitrogen and oxygen atoms in total. The van der Waals surface area contributed by atoms with Crippen molar-refractivity contribution in [3.05, 3.63) is 63.9 Å². The Morgan fingerprint density at radius 2 is 1.96 bits per heavy atom. The summed E-state index contributed by atoms with van der Waals surface area (Å²) in [4.78, 5) is 12.7. The summed E-state index contributed by atoms with van der Waals surface area (Å²) < 4.78 is 16.3. The molecule has 0 spiro atoms. The predicted molar refractivity (Wildman–Crippen MR) is 98.1 cm³/mol. The number of carbonyl (C=O) groups excluding carboxylic acids is 1. The van der Waals surface area contributed by atoms with E-state index < -0.39 is 5.97 Å². The van der Waals surface area contributed by atoms with Gasteiger partial charge >= 0.3 is 5.97 Å². The molecule has 0 bridgehead atoms. The molecule has 3 heterocycles. The molecule has 0 atom stereocenters. The van der Waals surface area contributed by atoms with Crippen molar-refractivity contribution in [3.63, 3.8) is 0 Å². The molecule has 0 aliphatic carbocycles. The summed E-state index contributed by atoms with van der Waals surface area (Å²) in [6, 6.07) is 11.5. The van der Waals surface area contributed by atoms with E-state index >= 15 is 0 Å². The Balaban J connectivity index is 1.55. The van der Waals surface area contributed by atoms with Crippen LogP contribution in [-0.2, 0) is 11.3 Å². The fourth-order valence-electron chi connectivity index (χ4n) is 2.60. The Morgan fingerprint density at radius 1 is 1.15 bits per heavy atom. The second-order valence-electron chi connectivity index (χ2n) is 5.84. The second-order valence-corrected chi connectivity index (χ2v) is 6.75. The molecule has 136 valence electrons. The van der Waals surface area contributed by atoms with Gasteiger partial charge in [-0.3, -0.25) is 0 Å². The third-order valence-corrected chi connectivity index (χ3v) is 4.96. The van der Waals surface area contributed by atoms with Gasteiger partial charge in [0.25, 0.3) is 11.8 Å². The van der Waals surface area contributed by atoms with Gasteiger partial charge in [-0.15, -0.1) is 21.5 Å². The first-order valence-corrected chi connectivity index (χ1v) is 9.07. The molecule has 0 unspecified atom stereocenters. The Labute approximate surface area is 158 Å². The van der Waals surface area contributed by atoms with Crippen molar-refractivity contribution in [2.45, 2.75) is 20.5 Å². The molecule has 3 aromatic heterocycles. The monoisotopic (exact) mass is 381 g/mol. The van der Waals surface area contributed by atoms with Crippen LogP contribution in [0, 0.1) is 13.8 Å². The average Bonchev–Trinajstić information content (AvgIpc) is 3.40. The van der Waals surface area contributed by atoms with Crippen LogP contribution in [0.2, 0.25) is 0 Å². The number of esters is 1. The molecular weight excluding hydrogens is 366 g/mol. The minimum atomic E-state index is -0.409. The zero-order valence-electron chi connectivity index (χ0n) is 14.6. The van der Waals surface area contributed by atoms with Crippen molar-refractivity contribution < 1.29 is 18.5 Å². The van der Waals surface area contributed by atoms with E-state index in [9.17, 15) is 4.79 Å². The first kappa shape index (κ1) is 17.2. The molecule has 8 heteroatoms. The zero-order chi connectivity index (χ0) is 18.8. The van der Waals surface area contributed by atoms with Gasteiger partial charge in [-0.05, 0) is 30.9 Å². The van der Waals surface area contributed by atoms with Crippen molar-refractivity contribution in [2.75, 3.05) is 0 Å². The van der Waals surface area contributed by atoms with Crippen LogP contribution in [0.15, 0.2) is 50.7 Å². The van der Waals surface area contributed by atoms with Gasteiger partial charge in [0.15, 0.2) is 6.61 Å². The average molecular weight is 381 g/mol. The van der Waals surface area contributed by atoms with E-state index in [1.54, 1.807) is 6.92 Å². The highest BCUT2D eigenvalue weighted by Crippen LogP contribution is 2.33. The summed E-state index contributed by atoms with van der Waals surface area (Å²) in [7, 11) is 0. The highest BCUT2D eigenvalue weighted by atomic mass is 32.1. The molecule has 0 fully saturated rings. The first-order valence-electron chi connectivity index (χ1n) is 8.19. The number of rotatable bonds is 5. The lowest BCUT2D eigenvalue weighted by Crippen LogP contribution is -2.04. The van der Waals surface area contributed by atoms with Gasteiger partial charge in [-0.2, -0.15) is 0 Å². The molecule has 0 saturated carbocycles. The molecule has 0 amide bonds. The van der Waals surface area contributed by atoms with Crippen LogP contribution in [0.3, 0.4) is 0 Å². The molecule has 0 saturated heterocycles.